The van der Waals surface area contributed by atoms with Gasteiger partial charge in [0.2, 0.25) is 0 Å². The molecule has 0 amide bonds. The summed E-state index contributed by atoms with van der Waals surface area (Å²) in [5, 5.41) is 0.282. The fourth-order valence-electron chi connectivity index (χ4n) is 1.68. The molecule has 1 unspecified atom stereocenters. The molecule has 0 aliphatic heterocycles. The number of aryl methyl sites for hydroxylation is 2. The Morgan fingerprint density at radius 3 is 2.56 bits per heavy atom. The Balaban J connectivity index is 2.17. The maximum atomic E-state index is 5.98. The summed E-state index contributed by atoms with van der Waals surface area (Å²) in [5.74, 6) is 0. The highest BCUT2D eigenvalue weighted by Crippen LogP contribution is 2.39. The third-order valence-corrected chi connectivity index (χ3v) is 5.63. The van der Waals surface area contributed by atoms with Crippen molar-refractivity contribution in [2.24, 2.45) is 5.73 Å². The molecule has 1 nitrogen and oxygen atoms in total. The van der Waals surface area contributed by atoms with E-state index in [0.717, 1.165) is 4.34 Å². The zero-order valence-electron chi connectivity index (χ0n) is 10.4. The molecule has 2 rings (SSSR count). The SMILES string of the molecule is Cc1ccc(SC(CN)c2ccc(Cl)s2)cc1C. The van der Waals surface area contributed by atoms with Crippen molar-refractivity contribution in [3.05, 3.63) is 50.7 Å². The van der Waals surface area contributed by atoms with E-state index in [9.17, 15) is 0 Å². The standard InChI is InChI=1S/C14H16ClNS2/c1-9-3-4-11(7-10(9)2)17-13(8-16)12-5-6-14(15)18-12/h3-7,13H,8,16H2,1-2H3. The van der Waals surface area contributed by atoms with E-state index in [1.165, 1.54) is 20.9 Å². The van der Waals surface area contributed by atoms with Gasteiger partial charge in [0, 0.05) is 16.3 Å². The molecule has 0 saturated carbocycles. The molecule has 4 heteroatoms. The van der Waals surface area contributed by atoms with Gasteiger partial charge < -0.3 is 5.73 Å². The van der Waals surface area contributed by atoms with E-state index in [2.05, 4.69) is 38.1 Å². The largest absolute Gasteiger partial charge is 0.329 e. The third-order valence-electron chi connectivity index (χ3n) is 2.88. The lowest BCUT2D eigenvalue weighted by atomic mass is 10.1. The first-order valence-electron chi connectivity index (χ1n) is 5.79. The Morgan fingerprint density at radius 1 is 1.22 bits per heavy atom. The Labute approximate surface area is 121 Å². The predicted molar refractivity (Wildman–Crippen MR) is 82.9 cm³/mol. The van der Waals surface area contributed by atoms with E-state index in [-0.39, 0.29) is 5.25 Å². The maximum Gasteiger partial charge on any atom is 0.0931 e. The van der Waals surface area contributed by atoms with Crippen molar-refractivity contribution in [1.82, 2.24) is 0 Å². The lowest BCUT2D eigenvalue weighted by molar-refractivity contribution is 0.960. The van der Waals surface area contributed by atoms with Crippen LogP contribution in [0.3, 0.4) is 0 Å². The first-order valence-corrected chi connectivity index (χ1v) is 7.87. The molecule has 1 heterocycles. The summed E-state index contributed by atoms with van der Waals surface area (Å²) in [6, 6.07) is 10.5. The predicted octanol–water partition coefficient (Wildman–Crippen LogP) is 4.81. The van der Waals surface area contributed by atoms with Crippen LogP contribution in [0.1, 0.15) is 21.3 Å². The van der Waals surface area contributed by atoms with Crippen LogP contribution in [-0.2, 0) is 0 Å². The van der Waals surface area contributed by atoms with Crippen molar-refractivity contribution in [3.63, 3.8) is 0 Å². The molecule has 1 aromatic carbocycles. The molecule has 0 aliphatic rings. The minimum atomic E-state index is 0.282. The van der Waals surface area contributed by atoms with Gasteiger partial charge in [-0.25, -0.2) is 0 Å². The smallest absolute Gasteiger partial charge is 0.0931 e. The van der Waals surface area contributed by atoms with Gasteiger partial charge >= 0.3 is 0 Å². The summed E-state index contributed by atoms with van der Waals surface area (Å²) in [7, 11) is 0. The van der Waals surface area contributed by atoms with Gasteiger partial charge in [-0.1, -0.05) is 17.7 Å². The molecular formula is C14H16ClNS2. The highest BCUT2D eigenvalue weighted by atomic mass is 35.5. The Morgan fingerprint density at radius 2 is 2.00 bits per heavy atom. The van der Waals surface area contributed by atoms with Gasteiger partial charge in [0.1, 0.15) is 0 Å². The van der Waals surface area contributed by atoms with Gasteiger partial charge in [-0.3, -0.25) is 0 Å². The second kappa shape index (κ2) is 6.11. The van der Waals surface area contributed by atoms with Crippen molar-refractivity contribution in [1.29, 1.82) is 0 Å². The summed E-state index contributed by atoms with van der Waals surface area (Å²) in [6.07, 6.45) is 0. The molecule has 0 saturated heterocycles. The first kappa shape index (κ1) is 13.9. The monoisotopic (exact) mass is 297 g/mol. The molecule has 0 bridgehead atoms. The number of hydrogen-bond donors (Lipinski definition) is 1. The summed E-state index contributed by atoms with van der Waals surface area (Å²) >= 11 is 9.40. The second-order valence-electron chi connectivity index (χ2n) is 4.23. The van der Waals surface area contributed by atoms with Gasteiger partial charge in [0.05, 0.1) is 9.59 Å². The van der Waals surface area contributed by atoms with Crippen LogP contribution in [0.25, 0.3) is 0 Å². The topological polar surface area (TPSA) is 26.0 Å². The molecule has 2 N–H and O–H groups in total. The lowest BCUT2D eigenvalue weighted by Gasteiger charge is -2.13. The van der Waals surface area contributed by atoms with E-state index in [4.69, 9.17) is 17.3 Å². The van der Waals surface area contributed by atoms with Crippen LogP contribution in [0.4, 0.5) is 0 Å². The Hall–Kier alpha value is -0.480. The van der Waals surface area contributed by atoms with Crippen LogP contribution in [0.2, 0.25) is 4.34 Å². The summed E-state index contributed by atoms with van der Waals surface area (Å²) in [4.78, 5) is 2.50. The van der Waals surface area contributed by atoms with Crippen molar-refractivity contribution >= 4 is 34.7 Å². The highest BCUT2D eigenvalue weighted by molar-refractivity contribution is 7.99. The quantitative estimate of drug-likeness (QED) is 0.820. The molecule has 0 spiro atoms. The number of nitrogens with two attached hydrogens (primary N) is 1. The van der Waals surface area contributed by atoms with E-state index < -0.39 is 0 Å². The Bertz CT molecular complexity index is 536. The maximum absolute atomic E-state index is 5.98. The van der Waals surface area contributed by atoms with Gasteiger partial charge in [-0.15, -0.1) is 23.1 Å². The first-order chi connectivity index (χ1) is 8.60. The van der Waals surface area contributed by atoms with Gasteiger partial charge in [0.15, 0.2) is 0 Å². The van der Waals surface area contributed by atoms with Gasteiger partial charge in [0.25, 0.3) is 0 Å². The van der Waals surface area contributed by atoms with Crippen molar-refractivity contribution < 1.29 is 0 Å². The van der Waals surface area contributed by atoms with Crippen molar-refractivity contribution in [3.8, 4) is 0 Å². The highest BCUT2D eigenvalue weighted by Gasteiger charge is 2.14. The number of halogens is 1. The number of hydrogen-bond acceptors (Lipinski definition) is 3. The van der Waals surface area contributed by atoms with E-state index in [1.54, 1.807) is 23.1 Å². The Kier molecular flexibility index (Phi) is 4.73. The van der Waals surface area contributed by atoms with Crippen LogP contribution < -0.4 is 5.73 Å². The van der Waals surface area contributed by atoms with Crippen LogP contribution in [0, 0.1) is 13.8 Å². The van der Waals surface area contributed by atoms with Crippen molar-refractivity contribution in [2.75, 3.05) is 6.54 Å². The fourth-order valence-corrected chi connectivity index (χ4v) is 4.03. The number of thioether (sulfide) groups is 1. The molecule has 18 heavy (non-hydrogen) atoms. The van der Waals surface area contributed by atoms with Crippen LogP contribution in [-0.4, -0.2) is 6.54 Å². The molecule has 0 radical (unpaired) electrons. The summed E-state index contributed by atoms with van der Waals surface area (Å²) in [5.41, 5.74) is 8.51. The van der Waals surface area contributed by atoms with E-state index in [0.29, 0.717) is 6.54 Å². The van der Waals surface area contributed by atoms with E-state index in [1.807, 2.05) is 6.07 Å². The lowest BCUT2D eigenvalue weighted by Crippen LogP contribution is -2.07. The number of benzene rings is 1. The molecule has 1 atom stereocenters. The van der Waals surface area contributed by atoms with Gasteiger partial charge in [-0.05, 0) is 49.2 Å². The molecule has 0 aliphatic carbocycles. The average molecular weight is 298 g/mol. The fraction of sp³-hybridized carbons (Fsp3) is 0.286. The van der Waals surface area contributed by atoms with Crippen LogP contribution in [0.5, 0.6) is 0 Å². The molecule has 1 aromatic heterocycles. The third kappa shape index (κ3) is 3.29. The number of thiophene rings is 1. The van der Waals surface area contributed by atoms with Crippen LogP contribution in [0.15, 0.2) is 35.2 Å². The van der Waals surface area contributed by atoms with Gasteiger partial charge in [-0.2, -0.15) is 0 Å². The summed E-state index contributed by atoms with van der Waals surface area (Å²) < 4.78 is 0.823. The summed E-state index contributed by atoms with van der Waals surface area (Å²) in [6.45, 7) is 4.89. The molecule has 2 aromatic rings. The van der Waals surface area contributed by atoms with E-state index >= 15 is 0 Å². The minimum absolute atomic E-state index is 0.282. The van der Waals surface area contributed by atoms with Crippen molar-refractivity contribution in [2.45, 2.75) is 24.0 Å². The zero-order chi connectivity index (χ0) is 13.1. The number of rotatable bonds is 4. The average Bonchev–Trinajstić information content (AvgIpc) is 2.77. The van der Waals surface area contributed by atoms with Crippen LogP contribution >= 0.6 is 34.7 Å². The molecular weight excluding hydrogens is 282 g/mol. The molecule has 0 fully saturated rings. The second-order valence-corrected chi connectivity index (χ2v) is 7.25. The normalized spacial score (nSPS) is 12.7. The minimum Gasteiger partial charge on any atom is -0.329 e. The zero-order valence-corrected chi connectivity index (χ0v) is 12.8. The molecule has 96 valence electrons.